The van der Waals surface area contributed by atoms with E-state index in [1.807, 2.05) is 128 Å². The minimum Gasteiger partial charge on any atom is -0.481 e. The van der Waals surface area contributed by atoms with Crippen LogP contribution >= 0.6 is 0 Å². The zero-order valence-electron chi connectivity index (χ0n) is 19.4. The molecule has 2 unspecified atom stereocenters. The van der Waals surface area contributed by atoms with Crippen molar-refractivity contribution >= 4 is 23.7 Å². The summed E-state index contributed by atoms with van der Waals surface area (Å²) in [7, 11) is 0. The number of rotatable bonds is 8. The topological polar surface area (TPSA) is 52.9 Å². The Morgan fingerprint density at radius 1 is 0.735 bits per heavy atom. The lowest BCUT2D eigenvalue weighted by Gasteiger charge is -2.35. The number of aliphatic carboxylic acids is 1. The molecule has 0 bridgehead atoms. The van der Waals surface area contributed by atoms with Crippen LogP contribution in [0.15, 0.2) is 114 Å². The van der Waals surface area contributed by atoms with E-state index < -0.39 is 17.9 Å². The Labute approximate surface area is 200 Å². The number of hydrogen-bond acceptors (Lipinski definition) is 2. The molecular formula is C30H28N2O2. The maximum absolute atomic E-state index is 12.7. The fourth-order valence-electron chi connectivity index (χ4n) is 4.06. The van der Waals surface area contributed by atoms with Crippen LogP contribution in [-0.4, -0.2) is 17.4 Å². The Kier molecular flexibility index (Phi) is 7.19. The van der Waals surface area contributed by atoms with E-state index in [2.05, 4.69) is 0 Å². The molecule has 0 saturated carbocycles. The number of carboxylic acids is 1. The van der Waals surface area contributed by atoms with E-state index >= 15 is 0 Å². The van der Waals surface area contributed by atoms with Crippen molar-refractivity contribution in [3.63, 3.8) is 0 Å². The number of hydrogen-bond donors (Lipinski definition) is 1. The molecule has 4 nitrogen and oxygen atoms in total. The summed E-state index contributed by atoms with van der Waals surface area (Å²) < 4.78 is 0. The number of nitrogens with zero attached hydrogens (tertiary/aromatic N) is 2. The highest BCUT2D eigenvalue weighted by molar-refractivity contribution is 5.86. The maximum atomic E-state index is 12.7. The van der Waals surface area contributed by atoms with E-state index in [9.17, 15) is 9.90 Å². The molecule has 4 rings (SSSR count). The van der Waals surface area contributed by atoms with Crippen LogP contribution in [0, 0.1) is 13.8 Å². The molecular weight excluding hydrogens is 420 g/mol. The van der Waals surface area contributed by atoms with E-state index in [0.29, 0.717) is 0 Å². The molecule has 2 atom stereocenters. The first-order valence-electron chi connectivity index (χ1n) is 11.3. The number of aryl methyl sites for hydroxylation is 2. The van der Waals surface area contributed by atoms with Crippen LogP contribution < -0.4 is 4.90 Å². The Morgan fingerprint density at radius 3 is 1.76 bits per heavy atom. The summed E-state index contributed by atoms with van der Waals surface area (Å²) in [6, 6.07) is 34.7. The van der Waals surface area contributed by atoms with Crippen molar-refractivity contribution in [1.29, 1.82) is 0 Å². The Morgan fingerprint density at radius 2 is 1.24 bits per heavy atom. The number of anilines is 1. The van der Waals surface area contributed by atoms with E-state index in [1.54, 1.807) is 6.34 Å². The Bertz CT molecular complexity index is 1230. The number of carboxylic acid groups (broad SMARTS) is 1. The van der Waals surface area contributed by atoms with Gasteiger partial charge >= 0.3 is 5.97 Å². The monoisotopic (exact) mass is 448 g/mol. The molecule has 0 radical (unpaired) electrons. The summed E-state index contributed by atoms with van der Waals surface area (Å²) in [6.07, 6.45) is 1.76. The van der Waals surface area contributed by atoms with Gasteiger partial charge in [-0.05, 0) is 49.2 Å². The quantitative estimate of drug-likeness (QED) is 0.231. The van der Waals surface area contributed by atoms with Gasteiger partial charge < -0.3 is 10.0 Å². The molecule has 0 aromatic heterocycles. The van der Waals surface area contributed by atoms with Crippen LogP contribution in [0.1, 0.15) is 34.2 Å². The van der Waals surface area contributed by atoms with Crippen molar-refractivity contribution in [2.75, 3.05) is 4.90 Å². The molecule has 170 valence electrons. The fraction of sp³-hybridized carbons (Fsp3) is 0.133. The van der Waals surface area contributed by atoms with Gasteiger partial charge in [0.15, 0.2) is 0 Å². The third-order valence-corrected chi connectivity index (χ3v) is 5.88. The first-order chi connectivity index (χ1) is 16.5. The summed E-state index contributed by atoms with van der Waals surface area (Å²) in [5, 5.41) is 10.4. The van der Waals surface area contributed by atoms with E-state index in [0.717, 1.165) is 33.6 Å². The lowest BCUT2D eigenvalue weighted by Crippen LogP contribution is -2.35. The lowest BCUT2D eigenvalue weighted by molar-refractivity contribution is -0.139. The van der Waals surface area contributed by atoms with Gasteiger partial charge in [-0.3, -0.25) is 4.79 Å². The third-order valence-electron chi connectivity index (χ3n) is 5.88. The molecule has 0 aliphatic rings. The summed E-state index contributed by atoms with van der Waals surface area (Å²) in [6.45, 7) is 4.07. The highest BCUT2D eigenvalue weighted by Crippen LogP contribution is 2.38. The van der Waals surface area contributed by atoms with Crippen molar-refractivity contribution in [3.8, 4) is 0 Å². The van der Waals surface area contributed by atoms with Gasteiger partial charge in [-0.1, -0.05) is 96.1 Å². The Hall–Kier alpha value is -4.18. The van der Waals surface area contributed by atoms with Gasteiger partial charge in [-0.2, -0.15) is 0 Å². The average molecular weight is 449 g/mol. The van der Waals surface area contributed by atoms with Crippen LogP contribution in [0.2, 0.25) is 0 Å². The molecule has 34 heavy (non-hydrogen) atoms. The van der Waals surface area contributed by atoms with E-state index in [-0.39, 0.29) is 0 Å². The van der Waals surface area contributed by atoms with Gasteiger partial charge in [0, 0.05) is 5.69 Å². The molecule has 4 heteroatoms. The first kappa shape index (κ1) is 23.0. The molecule has 0 aliphatic carbocycles. The van der Waals surface area contributed by atoms with Gasteiger partial charge in [0.05, 0.1) is 18.1 Å². The normalized spacial score (nSPS) is 12.9. The van der Waals surface area contributed by atoms with Crippen LogP contribution in [0.3, 0.4) is 0 Å². The molecule has 0 amide bonds. The average Bonchev–Trinajstić information content (AvgIpc) is 2.86. The summed E-state index contributed by atoms with van der Waals surface area (Å²) in [4.78, 5) is 19.5. The predicted octanol–water partition coefficient (Wildman–Crippen LogP) is 7.08. The molecule has 0 fully saturated rings. The SMILES string of the molecule is Cc1ccc(N=CN(c2ccc(C)cc2)C(c2ccccc2)C(C(=O)O)c2ccccc2)cc1. The second-order valence-electron chi connectivity index (χ2n) is 8.41. The minimum absolute atomic E-state index is 0.516. The Balaban J connectivity index is 1.89. The molecule has 0 spiro atoms. The van der Waals surface area contributed by atoms with E-state index in [1.165, 1.54) is 0 Å². The molecule has 4 aromatic rings. The molecule has 0 aliphatic heterocycles. The molecule has 0 heterocycles. The van der Waals surface area contributed by atoms with Crippen LogP contribution in [0.4, 0.5) is 11.4 Å². The zero-order chi connectivity index (χ0) is 23.9. The number of aliphatic imine (C=N–C) groups is 1. The van der Waals surface area contributed by atoms with Gasteiger partial charge in [-0.15, -0.1) is 0 Å². The van der Waals surface area contributed by atoms with Crippen molar-refractivity contribution < 1.29 is 9.90 Å². The van der Waals surface area contributed by atoms with Crippen molar-refractivity contribution in [2.45, 2.75) is 25.8 Å². The first-order valence-corrected chi connectivity index (χ1v) is 11.3. The van der Waals surface area contributed by atoms with Gasteiger partial charge in [-0.25, -0.2) is 4.99 Å². The zero-order valence-corrected chi connectivity index (χ0v) is 19.4. The third kappa shape index (κ3) is 5.41. The fourth-order valence-corrected chi connectivity index (χ4v) is 4.06. The predicted molar refractivity (Wildman–Crippen MR) is 139 cm³/mol. The lowest BCUT2D eigenvalue weighted by atomic mass is 9.85. The van der Waals surface area contributed by atoms with Crippen molar-refractivity contribution in [1.82, 2.24) is 0 Å². The van der Waals surface area contributed by atoms with Gasteiger partial charge in [0.1, 0.15) is 5.92 Å². The molecule has 1 N–H and O–H groups in total. The second-order valence-corrected chi connectivity index (χ2v) is 8.41. The summed E-state index contributed by atoms with van der Waals surface area (Å²) >= 11 is 0. The van der Waals surface area contributed by atoms with Gasteiger partial charge in [0.2, 0.25) is 0 Å². The van der Waals surface area contributed by atoms with E-state index in [4.69, 9.17) is 4.99 Å². The highest BCUT2D eigenvalue weighted by Gasteiger charge is 2.35. The number of benzene rings is 4. The summed E-state index contributed by atoms with van der Waals surface area (Å²) in [5.74, 6) is -1.70. The largest absolute Gasteiger partial charge is 0.481 e. The maximum Gasteiger partial charge on any atom is 0.313 e. The second kappa shape index (κ2) is 10.6. The standard InChI is InChI=1S/C30H28N2O2/c1-22-13-17-26(18-14-22)31-21-32(27-19-15-23(2)16-20-27)29(25-11-7-4-8-12-25)28(30(33)34)24-9-5-3-6-10-24/h3-21,28-29H,1-2H3,(H,33,34). The van der Waals surface area contributed by atoms with Crippen molar-refractivity contribution in [2.24, 2.45) is 4.99 Å². The number of carbonyl (C=O) groups is 1. The highest BCUT2D eigenvalue weighted by atomic mass is 16.4. The van der Waals surface area contributed by atoms with Crippen LogP contribution in [0.5, 0.6) is 0 Å². The summed E-state index contributed by atoms with van der Waals surface area (Å²) in [5.41, 5.74) is 5.61. The molecule has 0 saturated heterocycles. The minimum atomic E-state index is -0.888. The smallest absolute Gasteiger partial charge is 0.313 e. The van der Waals surface area contributed by atoms with Crippen LogP contribution in [0.25, 0.3) is 0 Å². The molecule has 4 aromatic carbocycles. The van der Waals surface area contributed by atoms with Gasteiger partial charge in [0.25, 0.3) is 0 Å². The van der Waals surface area contributed by atoms with Crippen LogP contribution in [-0.2, 0) is 4.79 Å². The van der Waals surface area contributed by atoms with Crippen molar-refractivity contribution in [3.05, 3.63) is 131 Å².